The molecule has 0 bridgehead atoms. The lowest BCUT2D eigenvalue weighted by atomic mass is 10.3. The van der Waals surface area contributed by atoms with E-state index >= 15 is 0 Å². The summed E-state index contributed by atoms with van der Waals surface area (Å²) in [6, 6.07) is 1.69. The van der Waals surface area contributed by atoms with Crippen LogP contribution in [0.2, 0.25) is 10.0 Å². The van der Waals surface area contributed by atoms with Gasteiger partial charge in [-0.05, 0) is 13.0 Å². The van der Waals surface area contributed by atoms with Crippen molar-refractivity contribution in [2.45, 2.75) is 13.5 Å². The van der Waals surface area contributed by atoms with Crippen molar-refractivity contribution in [2.75, 3.05) is 24.3 Å². The van der Waals surface area contributed by atoms with Crippen LogP contribution in [0, 0.1) is 6.92 Å². The van der Waals surface area contributed by atoms with Gasteiger partial charge in [-0.3, -0.25) is 0 Å². The molecule has 7 heteroatoms. The highest BCUT2D eigenvalue weighted by molar-refractivity contribution is 7.09. The minimum absolute atomic E-state index is 0.508. The molecular weight excluding hydrogens is 303 g/mol. The predicted molar refractivity (Wildman–Crippen MR) is 82.8 cm³/mol. The first-order valence-corrected chi connectivity index (χ1v) is 7.30. The van der Waals surface area contributed by atoms with Gasteiger partial charge in [-0.25, -0.2) is 9.97 Å². The molecule has 0 aliphatic rings. The molecule has 0 fully saturated rings. The molecule has 0 radical (unpaired) electrons. The summed E-state index contributed by atoms with van der Waals surface area (Å²) in [5.74, 6) is 1.29. The van der Waals surface area contributed by atoms with Crippen LogP contribution in [0.15, 0.2) is 11.4 Å². The zero-order valence-corrected chi connectivity index (χ0v) is 13.2. The largest absolute Gasteiger partial charge is 0.372 e. The van der Waals surface area contributed by atoms with Gasteiger partial charge in [0.2, 0.25) is 0 Å². The molecule has 1 N–H and O–H groups in total. The maximum Gasteiger partial charge on any atom is 0.150 e. The van der Waals surface area contributed by atoms with E-state index in [1.54, 1.807) is 24.5 Å². The minimum atomic E-state index is 0.508. The van der Waals surface area contributed by atoms with Gasteiger partial charge in [-0.1, -0.05) is 23.2 Å². The summed E-state index contributed by atoms with van der Waals surface area (Å²) in [7, 11) is 3.70. The highest BCUT2D eigenvalue weighted by Gasteiger charge is 2.13. The highest BCUT2D eigenvalue weighted by Crippen LogP contribution is 2.31. The number of nitrogens with zero attached hydrogens (tertiary/aromatic N) is 3. The molecule has 0 amide bonds. The Kier molecular flexibility index (Phi) is 4.50. The van der Waals surface area contributed by atoms with Gasteiger partial charge in [0.05, 0.1) is 27.3 Å². The third-order valence-electron chi connectivity index (χ3n) is 2.58. The number of thiazole rings is 1. The van der Waals surface area contributed by atoms with E-state index in [-0.39, 0.29) is 0 Å². The molecule has 0 atom stereocenters. The molecule has 0 spiro atoms. The van der Waals surface area contributed by atoms with Crippen LogP contribution in [0.25, 0.3) is 0 Å². The second-order valence-corrected chi connectivity index (χ2v) is 5.96. The number of halogens is 2. The summed E-state index contributed by atoms with van der Waals surface area (Å²) in [5, 5.41) is 7.07. The van der Waals surface area contributed by atoms with Gasteiger partial charge in [0.25, 0.3) is 0 Å². The van der Waals surface area contributed by atoms with Crippen molar-refractivity contribution in [1.29, 1.82) is 0 Å². The molecule has 0 aliphatic heterocycles. The molecule has 0 aliphatic carbocycles. The standard InChI is InChI=1S/C12H14Cl2N4S/c1-7-16-8(6-19-7)5-18(3)12-10(14)4-9(13)11(15-2)17-12/h4,6H,5H2,1-3H3,(H,15,17). The van der Waals surface area contributed by atoms with Crippen molar-refractivity contribution in [3.05, 3.63) is 32.2 Å². The molecule has 0 saturated carbocycles. The predicted octanol–water partition coefficient (Wildman–Crippen LogP) is 3.83. The van der Waals surface area contributed by atoms with E-state index in [9.17, 15) is 0 Å². The smallest absolute Gasteiger partial charge is 0.150 e. The lowest BCUT2D eigenvalue weighted by Gasteiger charge is -2.19. The number of rotatable bonds is 4. The quantitative estimate of drug-likeness (QED) is 0.930. The maximum atomic E-state index is 6.19. The van der Waals surface area contributed by atoms with E-state index in [2.05, 4.69) is 15.3 Å². The Balaban J connectivity index is 2.25. The Morgan fingerprint density at radius 3 is 2.63 bits per heavy atom. The number of anilines is 2. The lowest BCUT2D eigenvalue weighted by Crippen LogP contribution is -2.19. The summed E-state index contributed by atoms with van der Waals surface area (Å²) in [5.41, 5.74) is 1.00. The van der Waals surface area contributed by atoms with Gasteiger partial charge in [0.15, 0.2) is 0 Å². The van der Waals surface area contributed by atoms with Gasteiger partial charge >= 0.3 is 0 Å². The molecular formula is C12H14Cl2N4S. The molecule has 2 aromatic heterocycles. The number of nitrogens with one attached hydrogen (secondary N) is 1. The van der Waals surface area contributed by atoms with Gasteiger partial charge in [-0.15, -0.1) is 11.3 Å². The number of aromatic nitrogens is 2. The number of aryl methyl sites for hydroxylation is 1. The molecule has 0 saturated heterocycles. The number of hydrogen-bond donors (Lipinski definition) is 1. The van der Waals surface area contributed by atoms with Gasteiger partial charge in [0.1, 0.15) is 11.6 Å². The van der Waals surface area contributed by atoms with E-state index in [4.69, 9.17) is 23.2 Å². The monoisotopic (exact) mass is 316 g/mol. The Morgan fingerprint density at radius 1 is 1.32 bits per heavy atom. The second-order valence-electron chi connectivity index (χ2n) is 4.09. The summed E-state index contributed by atoms with van der Waals surface area (Å²) < 4.78 is 0. The molecule has 2 rings (SSSR count). The first-order valence-electron chi connectivity index (χ1n) is 5.67. The highest BCUT2D eigenvalue weighted by atomic mass is 35.5. The first kappa shape index (κ1) is 14.4. The lowest BCUT2D eigenvalue weighted by molar-refractivity contribution is 0.871. The van der Waals surface area contributed by atoms with Crippen LogP contribution in [0.5, 0.6) is 0 Å². The zero-order chi connectivity index (χ0) is 14.0. The summed E-state index contributed by atoms with van der Waals surface area (Å²) in [4.78, 5) is 10.8. The Morgan fingerprint density at radius 2 is 2.05 bits per heavy atom. The van der Waals surface area contributed by atoms with Crippen LogP contribution < -0.4 is 10.2 Å². The third-order valence-corrected chi connectivity index (χ3v) is 3.96. The Bertz CT molecular complexity index is 585. The second kappa shape index (κ2) is 5.94. The zero-order valence-electron chi connectivity index (χ0n) is 10.9. The van der Waals surface area contributed by atoms with Crippen molar-refractivity contribution in [1.82, 2.24) is 9.97 Å². The van der Waals surface area contributed by atoms with Gasteiger partial charge < -0.3 is 10.2 Å². The first-order chi connectivity index (χ1) is 9.01. The van der Waals surface area contributed by atoms with E-state index in [0.717, 1.165) is 10.7 Å². The van der Waals surface area contributed by atoms with Crippen LogP contribution in [0.4, 0.5) is 11.6 Å². The Hall–Kier alpha value is -1.04. The molecule has 0 aromatic carbocycles. The van der Waals surface area contributed by atoms with Crippen LogP contribution in [-0.4, -0.2) is 24.1 Å². The van der Waals surface area contributed by atoms with E-state index in [1.165, 1.54) is 0 Å². The van der Waals surface area contributed by atoms with Crippen molar-refractivity contribution in [3.8, 4) is 0 Å². The fraction of sp³-hybridized carbons (Fsp3) is 0.333. The number of hydrogen-bond acceptors (Lipinski definition) is 5. The molecule has 102 valence electrons. The SMILES string of the molecule is CNc1nc(N(C)Cc2csc(C)n2)c(Cl)cc1Cl. The van der Waals surface area contributed by atoms with Crippen LogP contribution >= 0.6 is 34.5 Å². The molecule has 2 aromatic rings. The molecule has 4 nitrogen and oxygen atoms in total. The van der Waals surface area contributed by atoms with Crippen molar-refractivity contribution < 1.29 is 0 Å². The topological polar surface area (TPSA) is 41.1 Å². The summed E-state index contributed by atoms with van der Waals surface area (Å²) in [6.07, 6.45) is 0. The molecule has 2 heterocycles. The minimum Gasteiger partial charge on any atom is -0.372 e. The summed E-state index contributed by atoms with van der Waals surface area (Å²) in [6.45, 7) is 2.64. The van der Waals surface area contributed by atoms with E-state index < -0.39 is 0 Å². The van der Waals surface area contributed by atoms with Crippen LogP contribution in [0.3, 0.4) is 0 Å². The van der Waals surface area contributed by atoms with Crippen LogP contribution in [0.1, 0.15) is 10.7 Å². The van der Waals surface area contributed by atoms with Crippen molar-refractivity contribution in [3.63, 3.8) is 0 Å². The average Bonchev–Trinajstić information content (AvgIpc) is 2.74. The Labute approximate surface area is 126 Å². The number of pyridine rings is 1. The fourth-order valence-corrected chi connectivity index (χ4v) is 2.90. The maximum absolute atomic E-state index is 6.19. The van der Waals surface area contributed by atoms with Crippen LogP contribution in [-0.2, 0) is 6.54 Å². The van der Waals surface area contributed by atoms with E-state index in [0.29, 0.717) is 28.2 Å². The van der Waals surface area contributed by atoms with Crippen molar-refractivity contribution in [2.24, 2.45) is 0 Å². The third kappa shape index (κ3) is 3.29. The molecule has 0 unspecified atom stereocenters. The van der Waals surface area contributed by atoms with E-state index in [1.807, 2.05) is 24.3 Å². The fourth-order valence-electron chi connectivity index (χ4n) is 1.70. The van der Waals surface area contributed by atoms with Gasteiger partial charge in [-0.2, -0.15) is 0 Å². The average molecular weight is 317 g/mol. The molecule has 19 heavy (non-hydrogen) atoms. The van der Waals surface area contributed by atoms with Gasteiger partial charge in [0, 0.05) is 19.5 Å². The summed E-state index contributed by atoms with van der Waals surface area (Å²) >= 11 is 13.9. The van der Waals surface area contributed by atoms with Crippen molar-refractivity contribution >= 4 is 46.2 Å². The normalized spacial score (nSPS) is 10.6.